The third kappa shape index (κ3) is 3.74. The molecular formula is C18H30N4O2. The van der Waals surface area contributed by atoms with Crippen LogP contribution in [0.25, 0.3) is 0 Å². The molecule has 1 saturated heterocycles. The van der Waals surface area contributed by atoms with Crippen LogP contribution >= 0.6 is 0 Å². The highest BCUT2D eigenvalue weighted by molar-refractivity contribution is 5.86. The molecule has 1 amide bonds. The molecule has 1 N–H and O–H groups in total. The number of hydrogen-bond donors (Lipinski definition) is 1. The van der Waals surface area contributed by atoms with Gasteiger partial charge < -0.3 is 19.5 Å². The second-order valence-corrected chi connectivity index (χ2v) is 7.71. The monoisotopic (exact) mass is 334 g/mol. The van der Waals surface area contributed by atoms with E-state index in [1.165, 1.54) is 0 Å². The minimum Gasteiger partial charge on any atom is -0.469 e. The Balaban J connectivity index is 2.04. The Kier molecular flexibility index (Phi) is 5.26. The summed E-state index contributed by atoms with van der Waals surface area (Å²) in [5.41, 5.74) is 0.201. The molecule has 0 atom stereocenters. The van der Waals surface area contributed by atoms with Crippen molar-refractivity contribution in [1.82, 2.24) is 15.1 Å². The number of likely N-dealkylation sites (tertiary alicyclic amines) is 1. The summed E-state index contributed by atoms with van der Waals surface area (Å²) in [5, 5.41) is 3.39. The molecule has 24 heavy (non-hydrogen) atoms. The van der Waals surface area contributed by atoms with Gasteiger partial charge in [-0.25, -0.2) is 4.99 Å². The zero-order chi connectivity index (χ0) is 18.0. The number of nitrogens with zero attached hydrogens (tertiary/aromatic N) is 3. The Morgan fingerprint density at radius 1 is 1.38 bits per heavy atom. The fourth-order valence-corrected chi connectivity index (χ4v) is 2.67. The van der Waals surface area contributed by atoms with Crippen LogP contribution in [-0.4, -0.2) is 60.9 Å². The van der Waals surface area contributed by atoms with Crippen molar-refractivity contribution in [2.45, 2.75) is 39.7 Å². The molecule has 2 rings (SSSR count). The topological polar surface area (TPSA) is 61.1 Å². The van der Waals surface area contributed by atoms with Crippen LogP contribution in [0.15, 0.2) is 27.8 Å². The van der Waals surface area contributed by atoms with Crippen molar-refractivity contribution in [1.29, 1.82) is 0 Å². The highest BCUT2D eigenvalue weighted by Gasteiger charge is 2.53. The molecular weight excluding hydrogens is 304 g/mol. The van der Waals surface area contributed by atoms with Crippen LogP contribution in [0, 0.1) is 5.41 Å². The number of rotatable bonds is 5. The van der Waals surface area contributed by atoms with E-state index in [4.69, 9.17) is 4.42 Å². The van der Waals surface area contributed by atoms with E-state index in [1.807, 2.05) is 12.1 Å². The van der Waals surface area contributed by atoms with E-state index in [9.17, 15) is 4.79 Å². The third-order valence-electron chi connectivity index (χ3n) is 5.24. The normalized spacial score (nSPS) is 18.9. The predicted molar refractivity (Wildman–Crippen MR) is 96.0 cm³/mol. The van der Waals surface area contributed by atoms with Crippen molar-refractivity contribution in [2.75, 3.05) is 33.7 Å². The Morgan fingerprint density at radius 2 is 2.08 bits per heavy atom. The molecule has 0 unspecified atom stereocenters. The fourth-order valence-electron chi connectivity index (χ4n) is 2.67. The molecule has 6 heteroatoms. The van der Waals surface area contributed by atoms with Gasteiger partial charge in [-0.3, -0.25) is 4.79 Å². The van der Waals surface area contributed by atoms with Crippen LogP contribution in [0.1, 0.15) is 33.5 Å². The summed E-state index contributed by atoms with van der Waals surface area (Å²) >= 11 is 0. The molecule has 134 valence electrons. The Labute approximate surface area is 144 Å². The van der Waals surface area contributed by atoms with Crippen molar-refractivity contribution in [3.8, 4) is 0 Å². The second-order valence-electron chi connectivity index (χ2n) is 7.71. The molecule has 2 heterocycles. The van der Waals surface area contributed by atoms with Crippen molar-refractivity contribution in [2.24, 2.45) is 10.4 Å². The number of nitrogens with one attached hydrogen (secondary N) is 1. The third-order valence-corrected chi connectivity index (χ3v) is 5.24. The first-order valence-electron chi connectivity index (χ1n) is 8.43. The molecule has 0 spiro atoms. The highest BCUT2D eigenvalue weighted by Crippen LogP contribution is 2.46. The molecule has 1 fully saturated rings. The van der Waals surface area contributed by atoms with Crippen LogP contribution in [0.2, 0.25) is 0 Å². The summed E-state index contributed by atoms with van der Waals surface area (Å²) < 4.78 is 5.37. The van der Waals surface area contributed by atoms with E-state index < -0.39 is 0 Å². The van der Waals surface area contributed by atoms with E-state index in [0.29, 0.717) is 0 Å². The Bertz CT molecular complexity index is 588. The molecule has 1 aliphatic heterocycles. The van der Waals surface area contributed by atoms with Crippen LogP contribution in [0.4, 0.5) is 0 Å². The van der Waals surface area contributed by atoms with Gasteiger partial charge >= 0.3 is 0 Å². The lowest BCUT2D eigenvalue weighted by Gasteiger charge is -2.62. The predicted octanol–water partition coefficient (Wildman–Crippen LogP) is 1.98. The second kappa shape index (κ2) is 6.87. The van der Waals surface area contributed by atoms with Gasteiger partial charge in [0.25, 0.3) is 0 Å². The van der Waals surface area contributed by atoms with Gasteiger partial charge in [-0.2, -0.15) is 0 Å². The van der Waals surface area contributed by atoms with E-state index in [0.717, 1.165) is 31.2 Å². The average molecular weight is 334 g/mol. The quantitative estimate of drug-likeness (QED) is 0.661. The average Bonchev–Trinajstić information content (AvgIpc) is 3.01. The van der Waals surface area contributed by atoms with Gasteiger partial charge in [-0.1, -0.05) is 13.8 Å². The summed E-state index contributed by atoms with van der Waals surface area (Å²) in [6.45, 7) is 10.7. The first kappa shape index (κ1) is 18.4. The number of amides is 1. The zero-order valence-corrected chi connectivity index (χ0v) is 15.7. The SMILES string of the molecule is CN(C)C(=O)CN=C(NCCc1ccco1)N1CC(C)(C)C1(C)C. The summed E-state index contributed by atoms with van der Waals surface area (Å²) in [6.07, 6.45) is 2.46. The van der Waals surface area contributed by atoms with Crippen molar-refractivity contribution < 1.29 is 9.21 Å². The Hall–Kier alpha value is -1.98. The molecule has 0 bridgehead atoms. The molecule has 0 saturated carbocycles. The standard InChI is InChI=1S/C18H30N4O2/c1-17(2)13-22(18(17,3)4)16(20-12-15(23)21(5)6)19-10-9-14-8-7-11-24-14/h7-8,11H,9-10,12-13H2,1-6H3,(H,19,20). The Morgan fingerprint density at radius 3 is 2.58 bits per heavy atom. The van der Waals surface area contributed by atoms with E-state index in [1.54, 1.807) is 25.3 Å². The lowest BCUT2D eigenvalue weighted by Crippen LogP contribution is -2.72. The molecule has 6 nitrogen and oxygen atoms in total. The van der Waals surface area contributed by atoms with E-state index in [-0.39, 0.29) is 23.4 Å². The molecule has 1 aliphatic rings. The summed E-state index contributed by atoms with van der Waals surface area (Å²) in [5.74, 6) is 1.73. The van der Waals surface area contributed by atoms with Crippen LogP contribution in [0.3, 0.4) is 0 Å². The smallest absolute Gasteiger partial charge is 0.243 e. The van der Waals surface area contributed by atoms with Crippen LogP contribution in [-0.2, 0) is 11.2 Å². The number of likely N-dealkylation sites (N-methyl/N-ethyl adjacent to an activating group) is 1. The lowest BCUT2D eigenvalue weighted by atomic mass is 9.65. The van der Waals surface area contributed by atoms with Crippen molar-refractivity contribution >= 4 is 11.9 Å². The fraction of sp³-hybridized carbons (Fsp3) is 0.667. The van der Waals surface area contributed by atoms with Gasteiger partial charge in [0.1, 0.15) is 12.3 Å². The zero-order valence-electron chi connectivity index (χ0n) is 15.7. The first-order chi connectivity index (χ1) is 11.1. The highest BCUT2D eigenvalue weighted by atomic mass is 16.3. The minimum atomic E-state index is -0.00925. The summed E-state index contributed by atoms with van der Waals surface area (Å²) in [6, 6.07) is 3.85. The molecule has 0 aliphatic carbocycles. The lowest BCUT2D eigenvalue weighted by molar-refractivity contribution is -0.127. The van der Waals surface area contributed by atoms with Gasteiger partial charge in [-0.05, 0) is 26.0 Å². The molecule has 1 aromatic heterocycles. The van der Waals surface area contributed by atoms with E-state index >= 15 is 0 Å². The number of furan rings is 1. The molecule has 1 aromatic rings. The van der Waals surface area contributed by atoms with Gasteiger partial charge in [-0.15, -0.1) is 0 Å². The summed E-state index contributed by atoms with van der Waals surface area (Å²) in [4.78, 5) is 20.3. The summed E-state index contributed by atoms with van der Waals surface area (Å²) in [7, 11) is 3.50. The number of carbonyl (C=O) groups is 1. The van der Waals surface area contributed by atoms with Gasteiger partial charge in [0.15, 0.2) is 5.96 Å². The van der Waals surface area contributed by atoms with E-state index in [2.05, 4.69) is 42.9 Å². The number of aliphatic imine (C=N–C) groups is 1. The van der Waals surface area contributed by atoms with Crippen molar-refractivity contribution in [3.05, 3.63) is 24.2 Å². The number of carbonyl (C=O) groups excluding carboxylic acids is 1. The van der Waals surface area contributed by atoms with Crippen LogP contribution < -0.4 is 5.32 Å². The maximum Gasteiger partial charge on any atom is 0.243 e. The largest absolute Gasteiger partial charge is 0.469 e. The van der Waals surface area contributed by atoms with Crippen molar-refractivity contribution in [3.63, 3.8) is 0 Å². The minimum absolute atomic E-state index is 0.00192. The molecule has 0 radical (unpaired) electrons. The maximum absolute atomic E-state index is 11.9. The van der Waals surface area contributed by atoms with Crippen LogP contribution in [0.5, 0.6) is 0 Å². The maximum atomic E-state index is 11.9. The van der Waals surface area contributed by atoms with Gasteiger partial charge in [0, 0.05) is 44.6 Å². The first-order valence-corrected chi connectivity index (χ1v) is 8.43. The number of hydrogen-bond acceptors (Lipinski definition) is 3. The van der Waals surface area contributed by atoms with Gasteiger partial charge in [0.05, 0.1) is 6.26 Å². The molecule has 0 aromatic carbocycles. The van der Waals surface area contributed by atoms with Gasteiger partial charge in [0.2, 0.25) is 5.91 Å². The number of guanidine groups is 1.